The molecule has 2 rings (SSSR count). The van der Waals surface area contributed by atoms with Gasteiger partial charge in [-0.1, -0.05) is 73.8 Å². The molecule has 2 fully saturated rings. The standard InChI is InChI=1S/2C6H11.Al.BrH/c2*1-2-4-6-5-3-1;;/h2*1H,2-6H2;;1H. The third-order valence-electron chi connectivity index (χ3n) is 3.84. The monoisotopic (exact) mass is 273 g/mol. The smallest absolute Gasteiger partial charge is 0.114 e. The van der Waals surface area contributed by atoms with Crippen LogP contribution in [-0.4, -0.2) is 15.2 Å². The van der Waals surface area contributed by atoms with Crippen LogP contribution in [0.1, 0.15) is 64.2 Å². The molecular weight excluding hydrogens is 251 g/mol. The van der Waals surface area contributed by atoms with Crippen molar-refractivity contribution in [2.24, 2.45) is 0 Å². The van der Waals surface area contributed by atoms with Gasteiger partial charge in [0.05, 0.1) is 0 Å². The highest BCUT2D eigenvalue weighted by Gasteiger charge is 2.21. The number of rotatable bonds is 2. The van der Waals surface area contributed by atoms with Gasteiger partial charge in [-0.15, -0.1) is 17.0 Å². The zero-order valence-electron chi connectivity index (χ0n) is 9.21. The van der Waals surface area contributed by atoms with E-state index in [1.165, 1.54) is 22.4 Å². The lowest BCUT2D eigenvalue weighted by atomic mass is 9.99. The second-order valence-corrected chi connectivity index (χ2v) is 7.26. The first-order chi connectivity index (χ1) is 6.45. The van der Waals surface area contributed by atoms with Gasteiger partial charge in [0.2, 0.25) is 15.2 Å². The van der Waals surface area contributed by atoms with E-state index in [9.17, 15) is 0 Å². The van der Waals surface area contributed by atoms with Gasteiger partial charge in [-0.3, -0.25) is 0 Å². The minimum absolute atomic E-state index is 0. The lowest BCUT2D eigenvalue weighted by molar-refractivity contribution is 0.470. The largest absolute Gasteiger partial charge is 0.210 e. The Hall–Kier alpha value is 1.01. The SMILES string of the molecule is Br.C1CC[CH]([Al][CH]2CCCCC2)CC1. The van der Waals surface area contributed by atoms with Gasteiger partial charge in [-0.2, -0.15) is 0 Å². The molecule has 0 atom stereocenters. The third-order valence-corrected chi connectivity index (χ3v) is 6.27. The average molecular weight is 274 g/mol. The van der Waals surface area contributed by atoms with Crippen LogP contribution >= 0.6 is 17.0 Å². The van der Waals surface area contributed by atoms with Crippen molar-refractivity contribution in [1.29, 1.82) is 0 Å². The molecule has 2 heteroatoms. The molecule has 2 aliphatic carbocycles. The molecule has 0 amide bonds. The summed E-state index contributed by atoms with van der Waals surface area (Å²) in [6, 6.07) is 0. The minimum Gasteiger partial charge on any atom is -0.114 e. The predicted octanol–water partition coefficient (Wildman–Crippen LogP) is 4.77. The van der Waals surface area contributed by atoms with Crippen LogP contribution in [0.25, 0.3) is 0 Å². The Morgan fingerprint density at radius 2 is 0.929 bits per heavy atom. The molecule has 0 bridgehead atoms. The summed E-state index contributed by atoms with van der Waals surface area (Å²) in [7, 11) is 0. The van der Waals surface area contributed by atoms with Crippen LogP contribution in [0.15, 0.2) is 0 Å². The summed E-state index contributed by atoms with van der Waals surface area (Å²) in [4.78, 5) is 0. The molecule has 0 unspecified atom stereocenters. The van der Waals surface area contributed by atoms with Gasteiger partial charge in [0.15, 0.2) is 0 Å². The Labute approximate surface area is 106 Å². The van der Waals surface area contributed by atoms with Gasteiger partial charge >= 0.3 is 0 Å². The first kappa shape index (κ1) is 13.1. The molecule has 0 aliphatic heterocycles. The fourth-order valence-corrected chi connectivity index (χ4v) is 5.52. The predicted molar refractivity (Wildman–Crippen MR) is 69.7 cm³/mol. The maximum Gasteiger partial charge on any atom is 0.210 e. The average Bonchev–Trinajstić information content (AvgIpc) is 2.21. The highest BCUT2D eigenvalue weighted by molar-refractivity contribution is 8.93. The second-order valence-electron chi connectivity index (χ2n) is 4.99. The van der Waals surface area contributed by atoms with Gasteiger partial charge < -0.3 is 0 Å². The van der Waals surface area contributed by atoms with E-state index in [0.717, 1.165) is 15.2 Å². The van der Waals surface area contributed by atoms with Crippen molar-refractivity contribution in [2.45, 2.75) is 73.8 Å². The molecular formula is C12H23AlBr. The van der Waals surface area contributed by atoms with Crippen molar-refractivity contribution in [3.8, 4) is 0 Å². The van der Waals surface area contributed by atoms with Crippen LogP contribution in [0, 0.1) is 0 Å². The molecule has 0 heterocycles. The summed E-state index contributed by atoms with van der Waals surface area (Å²) in [5, 5.41) is 0. The van der Waals surface area contributed by atoms with E-state index in [1.807, 2.05) is 0 Å². The van der Waals surface area contributed by atoms with Crippen molar-refractivity contribution in [3.63, 3.8) is 0 Å². The van der Waals surface area contributed by atoms with Crippen molar-refractivity contribution in [1.82, 2.24) is 0 Å². The molecule has 0 spiro atoms. The van der Waals surface area contributed by atoms with Crippen LogP contribution in [0.4, 0.5) is 0 Å². The summed E-state index contributed by atoms with van der Waals surface area (Å²) in [5.74, 6) is 0. The Morgan fingerprint density at radius 1 is 0.571 bits per heavy atom. The number of halogens is 1. The molecule has 0 nitrogen and oxygen atoms in total. The van der Waals surface area contributed by atoms with E-state index in [2.05, 4.69) is 0 Å². The van der Waals surface area contributed by atoms with Crippen LogP contribution in [0.3, 0.4) is 0 Å². The number of hydrogen-bond acceptors (Lipinski definition) is 0. The maximum atomic E-state index is 1.59. The molecule has 0 aromatic carbocycles. The minimum atomic E-state index is 0. The summed E-state index contributed by atoms with van der Waals surface area (Å²) in [6.07, 6.45) is 15.6. The summed E-state index contributed by atoms with van der Waals surface area (Å²) >= 11 is 0.825. The molecule has 81 valence electrons. The van der Waals surface area contributed by atoms with Gasteiger partial charge in [0, 0.05) is 0 Å². The van der Waals surface area contributed by atoms with Gasteiger partial charge in [0.25, 0.3) is 0 Å². The van der Waals surface area contributed by atoms with E-state index in [1.54, 1.807) is 51.4 Å². The zero-order chi connectivity index (χ0) is 8.93. The Kier molecular flexibility index (Phi) is 6.83. The van der Waals surface area contributed by atoms with Crippen LogP contribution in [0.5, 0.6) is 0 Å². The highest BCUT2D eigenvalue weighted by Crippen LogP contribution is 2.36. The van der Waals surface area contributed by atoms with Crippen molar-refractivity contribution >= 4 is 32.2 Å². The number of hydrogen-bond donors (Lipinski definition) is 0. The highest BCUT2D eigenvalue weighted by atomic mass is 79.9. The first-order valence-electron chi connectivity index (χ1n) is 6.30. The summed E-state index contributed by atoms with van der Waals surface area (Å²) < 4.78 is 2.41. The summed E-state index contributed by atoms with van der Waals surface area (Å²) in [6.45, 7) is 0. The Balaban J connectivity index is 0.000000980. The van der Waals surface area contributed by atoms with E-state index >= 15 is 0 Å². The van der Waals surface area contributed by atoms with Crippen LogP contribution in [0.2, 0.25) is 9.56 Å². The zero-order valence-corrected chi connectivity index (χ0v) is 12.1. The van der Waals surface area contributed by atoms with Crippen LogP contribution in [-0.2, 0) is 0 Å². The Bertz CT molecular complexity index is 121. The lowest BCUT2D eigenvalue weighted by Gasteiger charge is -2.27. The molecule has 0 aromatic rings. The molecule has 0 N–H and O–H groups in total. The molecule has 2 saturated carbocycles. The molecule has 0 saturated heterocycles. The van der Waals surface area contributed by atoms with E-state index < -0.39 is 0 Å². The van der Waals surface area contributed by atoms with Crippen molar-refractivity contribution in [2.75, 3.05) is 0 Å². The fraction of sp³-hybridized carbons (Fsp3) is 1.00. The fourth-order valence-electron chi connectivity index (χ4n) is 3.04. The Morgan fingerprint density at radius 3 is 1.29 bits per heavy atom. The van der Waals surface area contributed by atoms with Crippen LogP contribution < -0.4 is 0 Å². The lowest BCUT2D eigenvalue weighted by Crippen LogP contribution is -2.16. The van der Waals surface area contributed by atoms with Crippen molar-refractivity contribution in [3.05, 3.63) is 0 Å². The molecule has 0 aromatic heterocycles. The van der Waals surface area contributed by atoms with E-state index in [0.29, 0.717) is 0 Å². The normalized spacial score (nSPS) is 25.4. The van der Waals surface area contributed by atoms with Gasteiger partial charge in [-0.05, 0) is 0 Å². The first-order valence-corrected chi connectivity index (χ1v) is 7.63. The van der Waals surface area contributed by atoms with Gasteiger partial charge in [-0.25, -0.2) is 0 Å². The third kappa shape index (κ3) is 4.25. The maximum absolute atomic E-state index is 1.59. The molecule has 2 aliphatic rings. The second kappa shape index (κ2) is 7.31. The van der Waals surface area contributed by atoms with E-state index in [4.69, 9.17) is 0 Å². The molecule has 14 heavy (non-hydrogen) atoms. The summed E-state index contributed by atoms with van der Waals surface area (Å²) in [5.41, 5.74) is 0. The quantitative estimate of drug-likeness (QED) is 0.636. The van der Waals surface area contributed by atoms with Crippen molar-refractivity contribution < 1.29 is 0 Å². The topological polar surface area (TPSA) is 0 Å². The van der Waals surface area contributed by atoms with Gasteiger partial charge in [0.1, 0.15) is 0 Å². The van der Waals surface area contributed by atoms with E-state index in [-0.39, 0.29) is 17.0 Å². The molecule has 1 radical (unpaired) electrons.